The zero-order valence-electron chi connectivity index (χ0n) is 21.0. The number of aliphatic hydroxyl groups is 1. The third-order valence-electron chi connectivity index (χ3n) is 6.15. The van der Waals surface area contributed by atoms with Gasteiger partial charge in [-0.05, 0) is 55.1 Å². The number of benzene rings is 2. The lowest BCUT2D eigenvalue weighted by Crippen LogP contribution is -2.38. The van der Waals surface area contributed by atoms with E-state index in [9.17, 15) is 14.7 Å². The van der Waals surface area contributed by atoms with Crippen molar-refractivity contribution in [2.75, 3.05) is 39.4 Å². The van der Waals surface area contributed by atoms with E-state index in [0.29, 0.717) is 48.9 Å². The Labute approximate surface area is 212 Å². The first kappa shape index (κ1) is 26.8. The van der Waals surface area contributed by atoms with Gasteiger partial charge in [-0.2, -0.15) is 0 Å². The Morgan fingerprint density at radius 3 is 1.97 bits per heavy atom. The number of hydrogen-bond donors (Lipinski definition) is 1. The van der Waals surface area contributed by atoms with Crippen molar-refractivity contribution in [2.45, 2.75) is 19.9 Å². The van der Waals surface area contributed by atoms with Crippen LogP contribution in [0, 0.1) is 0 Å². The van der Waals surface area contributed by atoms with Crippen LogP contribution in [0.1, 0.15) is 31.0 Å². The van der Waals surface area contributed by atoms with Crippen LogP contribution in [0.3, 0.4) is 0 Å². The van der Waals surface area contributed by atoms with Crippen molar-refractivity contribution in [3.8, 4) is 11.5 Å². The number of aliphatic hydroxyl groups excluding tert-OH is 1. The summed E-state index contributed by atoms with van der Waals surface area (Å²) in [5.74, 6) is -0.278. The minimum Gasteiger partial charge on any atom is -0.507 e. The maximum absolute atomic E-state index is 13.2. The largest absolute Gasteiger partial charge is 0.507 e. The molecule has 190 valence electrons. The van der Waals surface area contributed by atoms with Crippen LogP contribution in [0.5, 0.6) is 11.5 Å². The molecule has 2 aromatic rings. The number of carbonyl (C=O) groups excluding carboxylic acids is 2. The highest BCUT2D eigenvalue weighted by Crippen LogP contribution is 2.39. The van der Waals surface area contributed by atoms with E-state index in [1.54, 1.807) is 53.5 Å². The Bertz CT molecular complexity index is 1100. The first-order chi connectivity index (χ1) is 17.4. The summed E-state index contributed by atoms with van der Waals surface area (Å²) >= 11 is 0. The van der Waals surface area contributed by atoms with E-state index in [4.69, 9.17) is 9.47 Å². The van der Waals surface area contributed by atoms with Crippen LogP contribution >= 0.6 is 0 Å². The molecule has 0 radical (unpaired) electrons. The average molecular weight is 491 g/mol. The van der Waals surface area contributed by atoms with Crippen LogP contribution in [0.25, 0.3) is 5.76 Å². The molecule has 1 N–H and O–H groups in total. The van der Waals surface area contributed by atoms with Crippen molar-refractivity contribution in [1.82, 2.24) is 9.80 Å². The Balaban J connectivity index is 2.02. The van der Waals surface area contributed by atoms with Gasteiger partial charge in [-0.25, -0.2) is 0 Å². The van der Waals surface area contributed by atoms with Gasteiger partial charge in [0.25, 0.3) is 11.7 Å². The number of carbonyl (C=O) groups is 2. The van der Waals surface area contributed by atoms with Crippen molar-refractivity contribution in [3.63, 3.8) is 0 Å². The minimum atomic E-state index is -0.717. The topological polar surface area (TPSA) is 79.3 Å². The number of amides is 1. The third-order valence-corrected chi connectivity index (χ3v) is 6.15. The first-order valence-corrected chi connectivity index (χ1v) is 12.1. The fourth-order valence-electron chi connectivity index (χ4n) is 4.17. The van der Waals surface area contributed by atoms with Gasteiger partial charge in [0.05, 0.1) is 11.6 Å². The number of ketones is 1. The predicted octanol–water partition coefficient (Wildman–Crippen LogP) is 4.58. The monoisotopic (exact) mass is 490 g/mol. The minimum absolute atomic E-state index is 0.0686. The van der Waals surface area contributed by atoms with E-state index in [1.165, 1.54) is 0 Å². The van der Waals surface area contributed by atoms with Gasteiger partial charge in [0.2, 0.25) is 0 Å². The lowest BCUT2D eigenvalue weighted by atomic mass is 9.95. The van der Waals surface area contributed by atoms with E-state index in [-0.39, 0.29) is 11.3 Å². The Hall–Kier alpha value is -3.84. The number of likely N-dealkylation sites (N-methyl/N-ethyl adjacent to an activating group) is 1. The highest BCUT2D eigenvalue weighted by atomic mass is 16.5. The second-order valence-corrected chi connectivity index (χ2v) is 8.31. The second-order valence-electron chi connectivity index (χ2n) is 8.31. The van der Waals surface area contributed by atoms with E-state index in [1.807, 2.05) is 12.1 Å². The molecule has 1 amide bonds. The first-order valence-electron chi connectivity index (χ1n) is 12.1. The number of rotatable bonds is 13. The molecule has 1 atom stereocenters. The maximum atomic E-state index is 13.2. The summed E-state index contributed by atoms with van der Waals surface area (Å²) in [6.45, 7) is 14.8. The molecule has 2 aromatic carbocycles. The molecule has 7 heteroatoms. The van der Waals surface area contributed by atoms with Gasteiger partial charge in [0, 0.05) is 18.7 Å². The van der Waals surface area contributed by atoms with Gasteiger partial charge in [0.15, 0.2) is 0 Å². The van der Waals surface area contributed by atoms with E-state index in [0.717, 1.165) is 13.1 Å². The highest BCUT2D eigenvalue weighted by Gasteiger charge is 2.46. The summed E-state index contributed by atoms with van der Waals surface area (Å²) < 4.78 is 11.1. The van der Waals surface area contributed by atoms with Gasteiger partial charge in [-0.3, -0.25) is 9.59 Å². The molecular formula is C29H34N2O5. The summed E-state index contributed by atoms with van der Waals surface area (Å²) in [6.07, 6.45) is 3.30. The van der Waals surface area contributed by atoms with Crippen molar-refractivity contribution >= 4 is 17.4 Å². The van der Waals surface area contributed by atoms with Gasteiger partial charge >= 0.3 is 0 Å². The summed E-state index contributed by atoms with van der Waals surface area (Å²) in [6, 6.07) is 13.2. The van der Waals surface area contributed by atoms with Crippen molar-refractivity contribution < 1.29 is 24.2 Å². The standard InChI is InChI=1S/C29H34N2O5/c1-5-19-35-23-13-9-21(10-14-23)26-25(27(32)22-11-15-24(16-12-22)36-20-6-2)28(33)29(34)31(26)18-17-30(7-3)8-4/h5-6,9-16,26,32H,1-2,7-8,17-20H2,3-4H3/t26-/m0/s1. The number of likely N-dealkylation sites (tertiary alicyclic amines) is 1. The van der Waals surface area contributed by atoms with Gasteiger partial charge < -0.3 is 24.4 Å². The average Bonchev–Trinajstić information content (AvgIpc) is 3.16. The molecular weight excluding hydrogens is 456 g/mol. The normalized spacial score (nSPS) is 16.9. The molecule has 36 heavy (non-hydrogen) atoms. The lowest BCUT2D eigenvalue weighted by Gasteiger charge is -2.28. The number of Topliss-reactive ketones (excluding diaryl/α,β-unsaturated/α-hetero) is 1. The van der Waals surface area contributed by atoms with Crippen LogP contribution in [-0.4, -0.2) is 66.0 Å². The number of nitrogens with zero attached hydrogens (tertiary/aromatic N) is 2. The summed E-state index contributed by atoms with van der Waals surface area (Å²) in [7, 11) is 0. The van der Waals surface area contributed by atoms with E-state index >= 15 is 0 Å². The predicted molar refractivity (Wildman–Crippen MR) is 141 cm³/mol. The molecule has 0 aliphatic carbocycles. The quantitative estimate of drug-likeness (QED) is 0.192. The van der Waals surface area contributed by atoms with Gasteiger partial charge in [-0.15, -0.1) is 0 Å². The van der Waals surface area contributed by atoms with Crippen LogP contribution in [-0.2, 0) is 9.59 Å². The molecule has 1 aliphatic rings. The Morgan fingerprint density at radius 1 is 0.944 bits per heavy atom. The smallest absolute Gasteiger partial charge is 0.295 e. The molecule has 1 aliphatic heterocycles. The van der Waals surface area contributed by atoms with Crippen molar-refractivity contribution in [1.29, 1.82) is 0 Å². The number of hydrogen-bond acceptors (Lipinski definition) is 6. The molecule has 3 rings (SSSR count). The lowest BCUT2D eigenvalue weighted by molar-refractivity contribution is -0.140. The van der Waals surface area contributed by atoms with E-state index in [2.05, 4.69) is 31.9 Å². The summed E-state index contributed by atoms with van der Waals surface area (Å²) in [5, 5.41) is 11.2. The molecule has 0 aromatic heterocycles. The molecule has 0 bridgehead atoms. The van der Waals surface area contributed by atoms with Crippen molar-refractivity contribution in [3.05, 3.63) is 90.5 Å². The molecule has 1 saturated heterocycles. The second kappa shape index (κ2) is 12.7. The van der Waals surface area contributed by atoms with Crippen LogP contribution in [0.2, 0.25) is 0 Å². The van der Waals surface area contributed by atoms with Gasteiger partial charge in [0.1, 0.15) is 30.5 Å². The maximum Gasteiger partial charge on any atom is 0.295 e. The van der Waals surface area contributed by atoms with Crippen LogP contribution < -0.4 is 9.47 Å². The van der Waals surface area contributed by atoms with Gasteiger partial charge in [-0.1, -0.05) is 51.3 Å². The van der Waals surface area contributed by atoms with Crippen molar-refractivity contribution in [2.24, 2.45) is 0 Å². The van der Waals surface area contributed by atoms with E-state index < -0.39 is 17.7 Å². The molecule has 1 fully saturated rings. The fourth-order valence-corrected chi connectivity index (χ4v) is 4.17. The van der Waals surface area contributed by atoms with Crippen LogP contribution in [0.4, 0.5) is 0 Å². The third kappa shape index (κ3) is 6.04. The fraction of sp³-hybridized carbons (Fsp3) is 0.310. The highest BCUT2D eigenvalue weighted by molar-refractivity contribution is 6.46. The summed E-state index contributed by atoms with van der Waals surface area (Å²) in [4.78, 5) is 30.1. The molecule has 0 spiro atoms. The number of ether oxygens (including phenoxy) is 2. The molecule has 1 heterocycles. The zero-order chi connectivity index (χ0) is 26.1. The molecule has 7 nitrogen and oxygen atoms in total. The SMILES string of the molecule is C=CCOc1ccc(C(O)=C2C(=O)C(=O)N(CCN(CC)CC)[C@H]2c2ccc(OCC=C)cc2)cc1. The summed E-state index contributed by atoms with van der Waals surface area (Å²) in [5.41, 5.74) is 1.21. The Kier molecular flexibility index (Phi) is 9.47. The molecule has 0 unspecified atom stereocenters. The zero-order valence-corrected chi connectivity index (χ0v) is 21.0. The Morgan fingerprint density at radius 2 is 1.47 bits per heavy atom. The molecule has 0 saturated carbocycles. The van der Waals surface area contributed by atoms with Crippen LogP contribution in [0.15, 0.2) is 79.4 Å².